The monoisotopic (exact) mass is 544 g/mol. The molecule has 0 unspecified atom stereocenters. The predicted molar refractivity (Wildman–Crippen MR) is 153 cm³/mol. The third-order valence-corrected chi connectivity index (χ3v) is 8.51. The Morgan fingerprint density at radius 2 is 2.05 bits per heavy atom. The van der Waals surface area contributed by atoms with Gasteiger partial charge in [-0.05, 0) is 68.0 Å². The highest BCUT2D eigenvalue weighted by Crippen LogP contribution is 2.39. The third kappa shape index (κ3) is 7.59. The van der Waals surface area contributed by atoms with Crippen molar-refractivity contribution in [1.29, 1.82) is 0 Å². The van der Waals surface area contributed by atoms with Crippen molar-refractivity contribution in [2.24, 2.45) is 4.99 Å². The number of nitrogens with zero attached hydrogens (tertiary/aromatic N) is 1. The van der Waals surface area contributed by atoms with Gasteiger partial charge in [-0.2, -0.15) is 0 Å². The number of benzene rings is 2. The fraction of sp³-hybridized carbons (Fsp3) is 0.407. The van der Waals surface area contributed by atoms with E-state index in [-0.39, 0.29) is 30.2 Å². The number of sulfonamides is 1. The van der Waals surface area contributed by atoms with Crippen LogP contribution in [0.15, 0.2) is 48.0 Å². The minimum atomic E-state index is -3.62. The van der Waals surface area contributed by atoms with E-state index in [1.807, 2.05) is 50.2 Å². The van der Waals surface area contributed by atoms with Crippen LogP contribution in [0.4, 0.5) is 5.69 Å². The quantitative estimate of drug-likeness (QED) is 0.233. The second-order valence-electron chi connectivity index (χ2n) is 9.15. The molecule has 37 heavy (non-hydrogen) atoms. The molecule has 0 aliphatic heterocycles. The summed E-state index contributed by atoms with van der Waals surface area (Å²) in [4.78, 5) is 16.8. The van der Waals surface area contributed by atoms with Crippen molar-refractivity contribution in [3.8, 4) is 5.75 Å². The minimum Gasteiger partial charge on any atom is -0.489 e. The number of aliphatic imine (C=N–C) groups is 1. The Balaban J connectivity index is 1.80. The van der Waals surface area contributed by atoms with Crippen LogP contribution in [0.1, 0.15) is 61.4 Å². The van der Waals surface area contributed by atoms with Gasteiger partial charge in [0.1, 0.15) is 10.8 Å². The maximum Gasteiger partial charge on any atom is 0.220 e. The van der Waals surface area contributed by atoms with Gasteiger partial charge in [0, 0.05) is 37.0 Å². The second-order valence-corrected chi connectivity index (χ2v) is 12.1. The van der Waals surface area contributed by atoms with Gasteiger partial charge in [-0.25, -0.2) is 13.1 Å². The number of hydrogen-bond acceptors (Lipinski definition) is 7. The van der Waals surface area contributed by atoms with Gasteiger partial charge in [0.25, 0.3) is 0 Å². The first kappa shape index (κ1) is 28.7. The summed E-state index contributed by atoms with van der Waals surface area (Å²) in [6.45, 7) is 8.23. The highest BCUT2D eigenvalue weighted by molar-refractivity contribution is 8.22. The number of fused-ring (bicyclic) bond motifs is 1. The second kappa shape index (κ2) is 12.6. The highest BCUT2D eigenvalue weighted by atomic mass is 32.2. The van der Waals surface area contributed by atoms with E-state index >= 15 is 0 Å². The zero-order chi connectivity index (χ0) is 27.2. The van der Waals surface area contributed by atoms with Gasteiger partial charge < -0.3 is 15.8 Å². The fourth-order valence-corrected chi connectivity index (χ4v) is 6.43. The lowest BCUT2D eigenvalue weighted by atomic mass is 9.85. The van der Waals surface area contributed by atoms with Crippen molar-refractivity contribution in [2.45, 2.75) is 51.7 Å². The van der Waals surface area contributed by atoms with E-state index in [2.05, 4.69) is 21.6 Å². The molecule has 200 valence electrons. The van der Waals surface area contributed by atoms with Gasteiger partial charge in [-0.1, -0.05) is 36.5 Å². The Labute approximate surface area is 224 Å². The average Bonchev–Trinajstić information content (AvgIpc) is 2.86. The number of nitrogen functional groups attached to an aromatic ring is 1. The summed E-state index contributed by atoms with van der Waals surface area (Å²) in [6.07, 6.45) is 2.31. The number of ether oxygens (including phenoxy) is 1. The first-order valence-electron chi connectivity index (χ1n) is 12.3. The van der Waals surface area contributed by atoms with E-state index in [1.165, 1.54) is 18.8 Å². The van der Waals surface area contributed by atoms with Gasteiger partial charge in [-0.15, -0.1) is 0 Å². The number of carbonyl (C=O) groups excluding carboxylic acids is 1. The first-order chi connectivity index (χ1) is 17.5. The highest BCUT2D eigenvalue weighted by Gasteiger charge is 2.27. The lowest BCUT2D eigenvalue weighted by molar-refractivity contribution is -0.120. The summed E-state index contributed by atoms with van der Waals surface area (Å²) in [5, 5.41) is 3.23. The lowest BCUT2D eigenvalue weighted by Crippen LogP contribution is -2.34. The van der Waals surface area contributed by atoms with E-state index < -0.39 is 10.0 Å². The first-order valence-corrected chi connectivity index (χ1v) is 14.7. The molecule has 0 heterocycles. The van der Waals surface area contributed by atoms with Gasteiger partial charge in [0.05, 0.1) is 17.5 Å². The molecule has 2 aromatic rings. The molecule has 2 aromatic carbocycles. The fourth-order valence-electron chi connectivity index (χ4n) is 4.31. The van der Waals surface area contributed by atoms with Gasteiger partial charge in [-0.3, -0.25) is 9.79 Å². The number of rotatable bonds is 10. The number of nitrogens with two attached hydrogens (primary N) is 1. The molecule has 1 atom stereocenters. The molecule has 0 fully saturated rings. The van der Waals surface area contributed by atoms with Gasteiger partial charge in [0.15, 0.2) is 0 Å². The van der Waals surface area contributed by atoms with Crippen LogP contribution in [0.3, 0.4) is 0 Å². The Morgan fingerprint density at radius 1 is 1.30 bits per heavy atom. The Kier molecular flexibility index (Phi) is 9.80. The molecular weight excluding hydrogens is 508 g/mol. The van der Waals surface area contributed by atoms with Crippen LogP contribution >= 0.6 is 11.8 Å². The van der Waals surface area contributed by atoms with Crippen LogP contribution in [-0.2, 0) is 21.2 Å². The molecule has 3 rings (SSSR count). The van der Waals surface area contributed by atoms with Crippen molar-refractivity contribution in [1.82, 2.24) is 10.0 Å². The smallest absolute Gasteiger partial charge is 0.220 e. The van der Waals surface area contributed by atoms with Crippen molar-refractivity contribution in [2.75, 3.05) is 25.6 Å². The van der Waals surface area contributed by atoms with E-state index in [1.54, 1.807) is 7.05 Å². The van der Waals surface area contributed by atoms with Crippen LogP contribution in [0, 0.1) is 0 Å². The molecule has 0 saturated carbocycles. The standard InChI is InChI=1S/C27H36N4O4S2/c1-17(2)35-25-13-12-19(16-23(25)28)27(30-5)36-18(3)20-8-6-10-22-21(20)9-7-11-24(22)31-37(33,34)15-14-26(32)29-4/h6,8,10,12-13,16-17,24,31H,3,7,9,11,14-15,28H2,1-2,4-5H3,(H,29,32)/b30-27-/t24-/m0/s1. The van der Waals surface area contributed by atoms with E-state index in [9.17, 15) is 13.2 Å². The molecule has 0 bridgehead atoms. The molecule has 8 nitrogen and oxygen atoms in total. The summed E-state index contributed by atoms with van der Waals surface area (Å²) < 4.78 is 33.9. The molecule has 1 amide bonds. The van der Waals surface area contributed by atoms with Crippen LogP contribution in [0.2, 0.25) is 0 Å². The molecular formula is C27H36N4O4S2. The number of hydrogen-bond donors (Lipinski definition) is 3. The van der Waals surface area contributed by atoms with E-state index in [0.29, 0.717) is 17.9 Å². The SMILES string of the molecule is C=C(S/C(=N\C)c1ccc(OC(C)C)c(N)c1)c1cccc2c1CCC[C@@H]2NS(=O)(=O)CCC(=O)NC. The average molecular weight is 545 g/mol. The van der Waals surface area contributed by atoms with Gasteiger partial charge >= 0.3 is 0 Å². The molecule has 0 spiro atoms. The van der Waals surface area contributed by atoms with Crippen molar-refractivity contribution in [3.05, 3.63) is 65.2 Å². The number of anilines is 1. The maximum absolute atomic E-state index is 12.7. The number of nitrogens with one attached hydrogen (secondary N) is 2. The van der Waals surface area contributed by atoms with Crippen molar-refractivity contribution >= 4 is 43.3 Å². The summed E-state index contributed by atoms with van der Waals surface area (Å²) in [5.41, 5.74) is 10.6. The molecule has 0 saturated heterocycles. The summed E-state index contributed by atoms with van der Waals surface area (Å²) in [5.74, 6) is 0.0857. The van der Waals surface area contributed by atoms with Crippen LogP contribution in [0.25, 0.3) is 4.91 Å². The maximum atomic E-state index is 12.7. The van der Waals surface area contributed by atoms with Crippen molar-refractivity contribution in [3.63, 3.8) is 0 Å². The molecule has 0 radical (unpaired) electrons. The lowest BCUT2D eigenvalue weighted by Gasteiger charge is -2.28. The minimum absolute atomic E-state index is 0.0232. The normalized spacial score (nSPS) is 15.8. The van der Waals surface area contributed by atoms with Gasteiger partial charge in [0.2, 0.25) is 15.9 Å². The van der Waals surface area contributed by atoms with Crippen LogP contribution < -0.4 is 20.5 Å². The topological polar surface area (TPSA) is 123 Å². The predicted octanol–water partition coefficient (Wildman–Crippen LogP) is 4.27. The Morgan fingerprint density at radius 3 is 2.70 bits per heavy atom. The number of carbonyl (C=O) groups is 1. The van der Waals surface area contributed by atoms with Crippen LogP contribution in [0.5, 0.6) is 5.75 Å². The molecule has 4 N–H and O–H groups in total. The zero-order valence-corrected chi connectivity index (χ0v) is 23.5. The Hall–Kier alpha value is -2.82. The Bertz CT molecular complexity index is 1290. The summed E-state index contributed by atoms with van der Waals surface area (Å²) in [7, 11) is -0.393. The third-order valence-electron chi connectivity index (χ3n) is 6.05. The summed E-state index contributed by atoms with van der Waals surface area (Å²) >= 11 is 1.46. The number of thioether (sulfide) groups is 1. The zero-order valence-electron chi connectivity index (χ0n) is 21.8. The molecule has 1 aliphatic carbocycles. The molecule has 1 aliphatic rings. The largest absolute Gasteiger partial charge is 0.489 e. The van der Waals surface area contributed by atoms with Crippen molar-refractivity contribution < 1.29 is 17.9 Å². The number of amides is 1. The summed E-state index contributed by atoms with van der Waals surface area (Å²) in [6, 6.07) is 11.2. The molecule has 10 heteroatoms. The van der Waals surface area contributed by atoms with E-state index in [4.69, 9.17) is 10.5 Å². The van der Waals surface area contributed by atoms with Crippen LogP contribution in [-0.4, -0.2) is 45.3 Å². The molecule has 0 aromatic heterocycles. The van der Waals surface area contributed by atoms with E-state index in [0.717, 1.165) is 45.0 Å².